The summed E-state index contributed by atoms with van der Waals surface area (Å²) in [4.78, 5) is 38.7. The van der Waals surface area contributed by atoms with E-state index < -0.39 is 24.1 Å². The number of carboxylic acid groups (broad SMARTS) is 1. The molecule has 0 radical (unpaired) electrons. The summed E-state index contributed by atoms with van der Waals surface area (Å²) in [6.07, 6.45) is 4.94. The van der Waals surface area contributed by atoms with Gasteiger partial charge in [-0.2, -0.15) is 0 Å². The van der Waals surface area contributed by atoms with Crippen LogP contribution >= 0.6 is 0 Å². The standard InChI is InChI=1S/C24H35N3O6/c28-15-19(25-23(30)20(26-24(31)32)14-17-6-2-1-3-7-17)10-11-22(29)27-12-13-33-16-18-8-4-5-9-21(18)27/h4-5,8-9,17,19-20,26,28H,1-3,6-7,10-16H2,(H,25,30)(H,31,32). The first kappa shape index (κ1) is 25.0. The van der Waals surface area contributed by atoms with Crippen LogP contribution in [0.25, 0.3) is 0 Å². The summed E-state index contributed by atoms with van der Waals surface area (Å²) in [5.41, 5.74) is 1.77. The van der Waals surface area contributed by atoms with Crippen molar-refractivity contribution in [3.05, 3.63) is 29.8 Å². The SMILES string of the molecule is O=C(O)NC(CC1CCCCC1)C(=O)NC(CO)CCC(=O)N1CCOCc2ccccc21. The summed E-state index contributed by atoms with van der Waals surface area (Å²) in [7, 11) is 0. The third kappa shape index (κ3) is 7.43. The molecule has 0 bridgehead atoms. The summed E-state index contributed by atoms with van der Waals surface area (Å²) in [5, 5.41) is 24.0. The molecule has 2 aliphatic rings. The van der Waals surface area contributed by atoms with Gasteiger partial charge in [0.1, 0.15) is 6.04 Å². The second kappa shape index (κ2) is 12.6. The summed E-state index contributed by atoms with van der Waals surface area (Å²) in [6, 6.07) is 6.10. The van der Waals surface area contributed by atoms with E-state index in [2.05, 4.69) is 10.6 Å². The van der Waals surface area contributed by atoms with Gasteiger partial charge in [0, 0.05) is 24.2 Å². The van der Waals surface area contributed by atoms with Gasteiger partial charge in [0.15, 0.2) is 0 Å². The Morgan fingerprint density at radius 3 is 2.61 bits per heavy atom. The van der Waals surface area contributed by atoms with E-state index in [1.165, 1.54) is 6.42 Å². The van der Waals surface area contributed by atoms with E-state index >= 15 is 0 Å². The number of nitrogens with one attached hydrogen (secondary N) is 2. The number of aliphatic hydroxyl groups is 1. The Kier molecular flexibility index (Phi) is 9.50. The topological polar surface area (TPSA) is 128 Å². The van der Waals surface area contributed by atoms with Crippen molar-refractivity contribution in [1.29, 1.82) is 0 Å². The van der Waals surface area contributed by atoms with Crippen LogP contribution in [0, 0.1) is 5.92 Å². The number of nitrogens with zero attached hydrogens (tertiary/aromatic N) is 1. The molecule has 1 heterocycles. The zero-order valence-corrected chi connectivity index (χ0v) is 19.0. The molecule has 1 aliphatic heterocycles. The molecule has 1 aromatic carbocycles. The van der Waals surface area contributed by atoms with Crippen molar-refractivity contribution in [3.8, 4) is 0 Å². The third-order valence-corrected chi connectivity index (χ3v) is 6.48. The number of carbonyl (C=O) groups excluding carboxylic acids is 2. The molecule has 1 saturated carbocycles. The number of amides is 3. The Balaban J connectivity index is 1.56. The zero-order chi connectivity index (χ0) is 23.6. The first-order valence-electron chi connectivity index (χ1n) is 11.8. The van der Waals surface area contributed by atoms with Gasteiger partial charge in [-0.25, -0.2) is 4.79 Å². The summed E-state index contributed by atoms with van der Waals surface area (Å²) in [6.45, 7) is 0.998. The van der Waals surface area contributed by atoms with E-state index in [0.29, 0.717) is 32.1 Å². The highest BCUT2D eigenvalue weighted by molar-refractivity contribution is 5.94. The second-order valence-corrected chi connectivity index (χ2v) is 8.90. The number of fused-ring (bicyclic) bond motifs is 1. The first-order valence-corrected chi connectivity index (χ1v) is 11.8. The molecule has 3 rings (SSSR count). The lowest BCUT2D eigenvalue weighted by Gasteiger charge is -2.27. The fourth-order valence-electron chi connectivity index (χ4n) is 4.69. The molecule has 3 amide bonds. The minimum atomic E-state index is -1.25. The number of hydrogen-bond acceptors (Lipinski definition) is 5. The largest absolute Gasteiger partial charge is 0.465 e. The molecule has 33 heavy (non-hydrogen) atoms. The van der Waals surface area contributed by atoms with E-state index in [0.717, 1.165) is 36.9 Å². The highest BCUT2D eigenvalue weighted by Crippen LogP contribution is 2.28. The van der Waals surface area contributed by atoms with Crippen LogP contribution in [-0.4, -0.2) is 60.0 Å². The van der Waals surface area contributed by atoms with Gasteiger partial charge in [-0.05, 0) is 24.8 Å². The monoisotopic (exact) mass is 461 g/mol. The van der Waals surface area contributed by atoms with Crippen molar-refractivity contribution in [1.82, 2.24) is 10.6 Å². The third-order valence-electron chi connectivity index (χ3n) is 6.48. The van der Waals surface area contributed by atoms with Crippen LogP contribution in [0.2, 0.25) is 0 Å². The number of rotatable bonds is 9. The molecule has 9 heteroatoms. The van der Waals surface area contributed by atoms with Crippen LogP contribution < -0.4 is 15.5 Å². The van der Waals surface area contributed by atoms with E-state index in [1.807, 2.05) is 24.3 Å². The minimum absolute atomic E-state index is 0.108. The Morgan fingerprint density at radius 2 is 1.88 bits per heavy atom. The van der Waals surface area contributed by atoms with Gasteiger partial charge in [-0.15, -0.1) is 0 Å². The van der Waals surface area contributed by atoms with Crippen molar-refractivity contribution < 1.29 is 29.3 Å². The van der Waals surface area contributed by atoms with Crippen molar-refractivity contribution in [2.75, 3.05) is 24.7 Å². The summed E-state index contributed by atoms with van der Waals surface area (Å²) < 4.78 is 5.58. The van der Waals surface area contributed by atoms with Crippen molar-refractivity contribution >= 4 is 23.6 Å². The van der Waals surface area contributed by atoms with Gasteiger partial charge < -0.3 is 30.5 Å². The number of anilines is 1. The van der Waals surface area contributed by atoms with E-state index in [4.69, 9.17) is 4.74 Å². The van der Waals surface area contributed by atoms with Crippen LogP contribution in [0.15, 0.2) is 24.3 Å². The number of para-hydroxylation sites is 1. The van der Waals surface area contributed by atoms with E-state index in [9.17, 15) is 24.6 Å². The maximum Gasteiger partial charge on any atom is 0.405 e. The maximum absolute atomic E-state index is 12.9. The Hall–Kier alpha value is -2.65. The Morgan fingerprint density at radius 1 is 1.12 bits per heavy atom. The molecule has 0 saturated heterocycles. The smallest absolute Gasteiger partial charge is 0.405 e. The predicted molar refractivity (Wildman–Crippen MR) is 123 cm³/mol. The molecule has 0 spiro atoms. The molecule has 9 nitrogen and oxygen atoms in total. The first-order chi connectivity index (χ1) is 16.0. The number of aliphatic hydroxyl groups excluding tert-OH is 1. The van der Waals surface area contributed by atoms with Crippen LogP contribution in [0.4, 0.5) is 10.5 Å². The van der Waals surface area contributed by atoms with Crippen LogP contribution in [-0.2, 0) is 20.9 Å². The van der Waals surface area contributed by atoms with Gasteiger partial charge in [-0.3, -0.25) is 9.59 Å². The molecule has 1 aromatic rings. The van der Waals surface area contributed by atoms with Crippen molar-refractivity contribution in [2.45, 2.75) is 70.1 Å². The molecule has 2 unspecified atom stereocenters. The number of hydrogen-bond donors (Lipinski definition) is 4. The average Bonchev–Trinajstić information content (AvgIpc) is 3.04. The highest BCUT2D eigenvalue weighted by Gasteiger charge is 2.28. The second-order valence-electron chi connectivity index (χ2n) is 8.90. The summed E-state index contributed by atoms with van der Waals surface area (Å²) >= 11 is 0. The Bertz CT molecular complexity index is 811. The lowest BCUT2D eigenvalue weighted by atomic mass is 9.84. The van der Waals surface area contributed by atoms with Crippen LogP contribution in [0.5, 0.6) is 0 Å². The van der Waals surface area contributed by atoms with Gasteiger partial charge in [0.2, 0.25) is 11.8 Å². The predicted octanol–water partition coefficient (Wildman–Crippen LogP) is 2.41. The van der Waals surface area contributed by atoms with Crippen LogP contribution in [0.3, 0.4) is 0 Å². The lowest BCUT2D eigenvalue weighted by Crippen LogP contribution is -2.51. The van der Waals surface area contributed by atoms with Crippen LogP contribution in [0.1, 0.15) is 56.9 Å². The fourth-order valence-corrected chi connectivity index (χ4v) is 4.69. The molecule has 1 aliphatic carbocycles. The number of ether oxygens (including phenoxy) is 1. The minimum Gasteiger partial charge on any atom is -0.465 e. The molecule has 182 valence electrons. The van der Waals surface area contributed by atoms with Gasteiger partial charge in [0.25, 0.3) is 0 Å². The quantitative estimate of drug-likeness (QED) is 0.447. The molecule has 0 aromatic heterocycles. The summed E-state index contributed by atoms with van der Waals surface area (Å²) in [5.74, 6) is -0.258. The van der Waals surface area contributed by atoms with E-state index in [-0.39, 0.29) is 25.4 Å². The molecular formula is C24H35N3O6. The maximum atomic E-state index is 12.9. The number of benzene rings is 1. The van der Waals surface area contributed by atoms with Gasteiger partial charge in [0.05, 0.1) is 25.9 Å². The fraction of sp³-hybridized carbons (Fsp3) is 0.625. The molecule has 2 atom stereocenters. The van der Waals surface area contributed by atoms with E-state index in [1.54, 1.807) is 4.90 Å². The van der Waals surface area contributed by atoms with Crippen molar-refractivity contribution in [2.24, 2.45) is 5.92 Å². The lowest BCUT2D eigenvalue weighted by molar-refractivity contribution is -0.125. The molecule has 4 N–H and O–H groups in total. The van der Waals surface area contributed by atoms with Gasteiger partial charge in [-0.1, -0.05) is 50.3 Å². The number of carbonyl (C=O) groups is 3. The van der Waals surface area contributed by atoms with Gasteiger partial charge >= 0.3 is 6.09 Å². The zero-order valence-electron chi connectivity index (χ0n) is 19.0. The Labute approximate surface area is 194 Å². The highest BCUT2D eigenvalue weighted by atomic mass is 16.5. The average molecular weight is 462 g/mol. The normalized spacial score (nSPS) is 18.5. The van der Waals surface area contributed by atoms with Crippen molar-refractivity contribution in [3.63, 3.8) is 0 Å². The molecule has 1 fully saturated rings. The molecular weight excluding hydrogens is 426 g/mol.